The van der Waals surface area contributed by atoms with Crippen LogP contribution in [0, 0.1) is 19.8 Å². The average molecular weight is 464 g/mol. The Morgan fingerprint density at radius 1 is 1.13 bits per heavy atom. The molecule has 0 aliphatic carbocycles. The van der Waals surface area contributed by atoms with Crippen molar-refractivity contribution in [2.75, 3.05) is 25.5 Å². The summed E-state index contributed by atoms with van der Waals surface area (Å²) in [7, 11) is -1.71. The maximum Gasteiger partial charge on any atom is 0.255 e. The number of anilines is 1. The summed E-state index contributed by atoms with van der Waals surface area (Å²) in [6, 6.07) is 10.1. The van der Waals surface area contributed by atoms with Gasteiger partial charge in [-0.3, -0.25) is 4.79 Å². The molecule has 1 amide bonds. The SMILES string of the molecule is Cc1cc(S(=O)(=O)NC(C)C2CCN(C)CC2)c(Cl)cc1NC(=O)c1ccccc1C. The third kappa shape index (κ3) is 5.66. The molecule has 3 rings (SSSR count). The minimum atomic E-state index is -3.79. The zero-order chi connectivity index (χ0) is 22.8. The quantitative estimate of drug-likeness (QED) is 0.672. The summed E-state index contributed by atoms with van der Waals surface area (Å²) in [5, 5.41) is 2.92. The highest BCUT2D eigenvalue weighted by Crippen LogP contribution is 2.30. The normalized spacial score (nSPS) is 16.8. The van der Waals surface area contributed by atoms with Crippen molar-refractivity contribution in [3.63, 3.8) is 0 Å². The summed E-state index contributed by atoms with van der Waals surface area (Å²) >= 11 is 6.36. The number of sulfonamides is 1. The lowest BCUT2D eigenvalue weighted by Crippen LogP contribution is -2.43. The van der Waals surface area contributed by atoms with E-state index in [0.29, 0.717) is 22.7 Å². The van der Waals surface area contributed by atoms with E-state index >= 15 is 0 Å². The molecular weight excluding hydrogens is 434 g/mol. The molecule has 31 heavy (non-hydrogen) atoms. The number of carbonyl (C=O) groups excluding carboxylic acids is 1. The molecule has 1 saturated heterocycles. The molecule has 0 aromatic heterocycles. The Labute approximate surface area is 190 Å². The van der Waals surface area contributed by atoms with Crippen LogP contribution in [-0.4, -0.2) is 45.4 Å². The number of rotatable bonds is 6. The smallest absolute Gasteiger partial charge is 0.255 e. The van der Waals surface area contributed by atoms with Gasteiger partial charge in [-0.1, -0.05) is 29.8 Å². The van der Waals surface area contributed by atoms with E-state index in [0.717, 1.165) is 31.5 Å². The van der Waals surface area contributed by atoms with Crippen molar-refractivity contribution in [1.29, 1.82) is 0 Å². The summed E-state index contributed by atoms with van der Waals surface area (Å²) in [4.78, 5) is 14.9. The second kappa shape index (κ2) is 9.69. The molecule has 1 fully saturated rings. The predicted molar refractivity (Wildman–Crippen MR) is 125 cm³/mol. The summed E-state index contributed by atoms with van der Waals surface area (Å²) in [6.07, 6.45) is 1.91. The van der Waals surface area contributed by atoms with Crippen molar-refractivity contribution in [2.24, 2.45) is 5.92 Å². The van der Waals surface area contributed by atoms with Gasteiger partial charge in [-0.15, -0.1) is 0 Å². The van der Waals surface area contributed by atoms with E-state index in [1.165, 1.54) is 12.1 Å². The van der Waals surface area contributed by atoms with E-state index in [1.54, 1.807) is 19.1 Å². The zero-order valence-electron chi connectivity index (χ0n) is 18.4. The first-order valence-electron chi connectivity index (χ1n) is 10.5. The molecule has 168 valence electrons. The van der Waals surface area contributed by atoms with Crippen LogP contribution in [0.3, 0.4) is 0 Å². The summed E-state index contributed by atoms with van der Waals surface area (Å²) in [5.41, 5.74) is 2.53. The van der Waals surface area contributed by atoms with Crippen LogP contribution < -0.4 is 10.0 Å². The van der Waals surface area contributed by atoms with E-state index in [4.69, 9.17) is 11.6 Å². The number of benzene rings is 2. The molecule has 2 N–H and O–H groups in total. The first-order chi connectivity index (χ1) is 14.6. The predicted octanol–water partition coefficient (Wildman–Crippen LogP) is 4.22. The Balaban J connectivity index is 1.77. The molecule has 1 atom stereocenters. The monoisotopic (exact) mass is 463 g/mol. The third-order valence-corrected chi connectivity index (χ3v) is 8.04. The molecule has 8 heteroatoms. The second-order valence-electron chi connectivity index (χ2n) is 8.42. The van der Waals surface area contributed by atoms with Crippen LogP contribution in [0.15, 0.2) is 41.3 Å². The van der Waals surface area contributed by atoms with Crippen LogP contribution in [0.4, 0.5) is 5.69 Å². The standard InChI is InChI=1S/C23H30ClN3O3S/c1-15-7-5-6-8-19(15)23(28)25-21-14-20(24)22(13-16(21)2)31(29,30)26-17(3)18-9-11-27(4)12-10-18/h5-8,13-14,17-18,26H,9-12H2,1-4H3,(H,25,28). The number of hydrogen-bond donors (Lipinski definition) is 2. The van der Waals surface area contributed by atoms with Gasteiger partial charge < -0.3 is 10.2 Å². The fourth-order valence-electron chi connectivity index (χ4n) is 3.95. The van der Waals surface area contributed by atoms with Crippen molar-refractivity contribution in [3.05, 3.63) is 58.1 Å². The van der Waals surface area contributed by atoms with Gasteiger partial charge in [0, 0.05) is 17.3 Å². The zero-order valence-corrected chi connectivity index (χ0v) is 20.0. The van der Waals surface area contributed by atoms with E-state index in [2.05, 4.69) is 22.0 Å². The molecule has 0 radical (unpaired) electrons. The molecular formula is C23H30ClN3O3S. The van der Waals surface area contributed by atoms with Crippen LogP contribution in [0.2, 0.25) is 5.02 Å². The van der Waals surface area contributed by atoms with Crippen molar-refractivity contribution in [2.45, 2.75) is 44.6 Å². The van der Waals surface area contributed by atoms with E-state index in [9.17, 15) is 13.2 Å². The minimum absolute atomic E-state index is 0.0281. The van der Waals surface area contributed by atoms with Crippen molar-refractivity contribution < 1.29 is 13.2 Å². The largest absolute Gasteiger partial charge is 0.322 e. The van der Waals surface area contributed by atoms with Gasteiger partial charge in [-0.25, -0.2) is 13.1 Å². The molecule has 1 aliphatic heterocycles. The van der Waals surface area contributed by atoms with Crippen LogP contribution >= 0.6 is 11.6 Å². The van der Waals surface area contributed by atoms with Gasteiger partial charge in [0.15, 0.2) is 0 Å². The molecule has 6 nitrogen and oxygen atoms in total. The lowest BCUT2D eigenvalue weighted by Gasteiger charge is -2.33. The fourth-order valence-corrected chi connectivity index (χ4v) is 5.87. The van der Waals surface area contributed by atoms with Crippen molar-refractivity contribution >= 4 is 33.2 Å². The van der Waals surface area contributed by atoms with Gasteiger partial charge in [0.1, 0.15) is 4.90 Å². The topological polar surface area (TPSA) is 78.5 Å². The Hall–Kier alpha value is -1.93. The number of nitrogens with one attached hydrogen (secondary N) is 2. The lowest BCUT2D eigenvalue weighted by molar-refractivity contribution is 0.102. The number of nitrogens with zero attached hydrogens (tertiary/aromatic N) is 1. The third-order valence-electron chi connectivity index (χ3n) is 6.02. The highest BCUT2D eigenvalue weighted by atomic mass is 35.5. The number of carbonyl (C=O) groups is 1. The number of amides is 1. The van der Waals surface area contributed by atoms with Crippen LogP contribution in [0.5, 0.6) is 0 Å². The fraction of sp³-hybridized carbons (Fsp3) is 0.435. The first-order valence-corrected chi connectivity index (χ1v) is 12.3. The van der Waals surface area contributed by atoms with Crippen molar-refractivity contribution in [1.82, 2.24) is 9.62 Å². The van der Waals surface area contributed by atoms with Crippen LogP contribution in [0.1, 0.15) is 41.3 Å². The molecule has 0 saturated carbocycles. The Kier molecular flexibility index (Phi) is 7.42. The van der Waals surface area contributed by atoms with Gasteiger partial charge in [0.05, 0.1) is 5.02 Å². The summed E-state index contributed by atoms with van der Waals surface area (Å²) < 4.78 is 28.9. The molecule has 0 bridgehead atoms. The van der Waals surface area contributed by atoms with Gasteiger partial charge in [0.2, 0.25) is 10.0 Å². The molecule has 1 heterocycles. The lowest BCUT2D eigenvalue weighted by atomic mass is 9.91. The van der Waals surface area contributed by atoms with Gasteiger partial charge in [-0.2, -0.15) is 0 Å². The number of halogens is 1. The summed E-state index contributed by atoms with van der Waals surface area (Å²) in [5.74, 6) is 0.0282. The molecule has 2 aromatic carbocycles. The maximum absolute atomic E-state index is 13.0. The number of aryl methyl sites for hydroxylation is 2. The average Bonchev–Trinajstić information content (AvgIpc) is 2.70. The second-order valence-corrected chi connectivity index (χ2v) is 10.5. The van der Waals surface area contributed by atoms with Crippen LogP contribution in [0.25, 0.3) is 0 Å². The van der Waals surface area contributed by atoms with Crippen LogP contribution in [-0.2, 0) is 10.0 Å². The summed E-state index contributed by atoms with van der Waals surface area (Å²) in [6.45, 7) is 7.45. The molecule has 1 unspecified atom stereocenters. The van der Waals surface area contributed by atoms with Gasteiger partial charge in [-0.05, 0) is 89.0 Å². The maximum atomic E-state index is 13.0. The number of piperidine rings is 1. The van der Waals surface area contributed by atoms with E-state index < -0.39 is 10.0 Å². The molecule has 1 aliphatic rings. The molecule has 0 spiro atoms. The Morgan fingerprint density at radius 2 is 1.77 bits per heavy atom. The van der Waals surface area contributed by atoms with Gasteiger partial charge in [0.25, 0.3) is 5.91 Å². The minimum Gasteiger partial charge on any atom is -0.322 e. The highest BCUT2D eigenvalue weighted by Gasteiger charge is 2.28. The van der Waals surface area contributed by atoms with E-state index in [1.807, 2.05) is 26.0 Å². The number of likely N-dealkylation sites (tertiary alicyclic amines) is 1. The Morgan fingerprint density at radius 3 is 2.42 bits per heavy atom. The highest BCUT2D eigenvalue weighted by molar-refractivity contribution is 7.89. The Bertz CT molecular complexity index is 1060. The van der Waals surface area contributed by atoms with Gasteiger partial charge >= 0.3 is 0 Å². The molecule has 2 aromatic rings. The van der Waals surface area contributed by atoms with Crippen molar-refractivity contribution in [3.8, 4) is 0 Å². The first kappa shape index (κ1) is 23.7. The van der Waals surface area contributed by atoms with E-state index in [-0.39, 0.29) is 21.9 Å². The number of hydrogen-bond acceptors (Lipinski definition) is 4.